The average molecular weight is 284 g/mol. The normalized spacial score (nSPS) is 11.5. The second-order valence-electron chi connectivity index (χ2n) is 4.06. The Kier molecular flexibility index (Phi) is 5.37. The molecule has 0 unspecified atom stereocenters. The molecule has 0 fully saturated rings. The Morgan fingerprint density at radius 3 is 2.21 bits per heavy atom. The van der Waals surface area contributed by atoms with Crippen LogP contribution in [0.4, 0.5) is 0 Å². The van der Waals surface area contributed by atoms with E-state index in [1.807, 2.05) is 24.3 Å². The highest BCUT2D eigenvalue weighted by Gasteiger charge is 1.96. The van der Waals surface area contributed by atoms with Crippen molar-refractivity contribution in [1.29, 1.82) is 0 Å². The van der Waals surface area contributed by atoms with E-state index in [1.165, 1.54) is 16.0 Å². The number of allylic oxidation sites excluding steroid dienone is 2. The molecule has 19 heavy (non-hydrogen) atoms. The highest BCUT2D eigenvalue weighted by atomic mass is 32.2. The molecule has 2 aromatic carbocycles. The molecular formula is C17H16S2. The molecule has 0 heterocycles. The van der Waals surface area contributed by atoms with Gasteiger partial charge in [-0.15, -0.1) is 24.4 Å². The van der Waals surface area contributed by atoms with E-state index in [0.29, 0.717) is 0 Å². The molecular weight excluding hydrogens is 268 g/mol. The van der Waals surface area contributed by atoms with Crippen LogP contribution in [0.3, 0.4) is 0 Å². The van der Waals surface area contributed by atoms with Gasteiger partial charge in [0.25, 0.3) is 0 Å². The van der Waals surface area contributed by atoms with Crippen LogP contribution in [-0.4, -0.2) is 6.26 Å². The van der Waals surface area contributed by atoms with E-state index < -0.39 is 0 Å². The second-order valence-corrected chi connectivity index (χ2v) is 5.39. The van der Waals surface area contributed by atoms with Crippen LogP contribution in [0, 0.1) is 0 Å². The van der Waals surface area contributed by atoms with E-state index in [1.54, 1.807) is 11.8 Å². The van der Waals surface area contributed by atoms with Crippen LogP contribution in [0.2, 0.25) is 0 Å². The second kappa shape index (κ2) is 7.27. The molecule has 0 aliphatic carbocycles. The number of thiol groups is 1. The molecule has 0 aliphatic rings. The van der Waals surface area contributed by atoms with Crippen molar-refractivity contribution in [1.82, 2.24) is 0 Å². The molecule has 0 spiro atoms. The van der Waals surface area contributed by atoms with Crippen LogP contribution in [0.1, 0.15) is 11.1 Å². The zero-order valence-corrected chi connectivity index (χ0v) is 12.5. The minimum absolute atomic E-state index is 1.03. The van der Waals surface area contributed by atoms with Crippen molar-refractivity contribution in [3.8, 4) is 0 Å². The van der Waals surface area contributed by atoms with Gasteiger partial charge >= 0.3 is 0 Å². The largest absolute Gasteiger partial charge is 0.142 e. The van der Waals surface area contributed by atoms with Crippen molar-refractivity contribution in [3.63, 3.8) is 0 Å². The van der Waals surface area contributed by atoms with Crippen molar-refractivity contribution < 1.29 is 0 Å². The summed E-state index contributed by atoms with van der Waals surface area (Å²) >= 11 is 6.19. The molecule has 0 nitrogen and oxygen atoms in total. The molecule has 2 heteroatoms. The van der Waals surface area contributed by atoms with Crippen LogP contribution in [0.5, 0.6) is 0 Å². The maximum Gasteiger partial charge on any atom is 0.0203 e. The van der Waals surface area contributed by atoms with Crippen molar-refractivity contribution in [2.24, 2.45) is 0 Å². The van der Waals surface area contributed by atoms with Gasteiger partial charge in [0.05, 0.1) is 0 Å². The third-order valence-corrected chi connectivity index (χ3v) is 4.01. The average Bonchev–Trinajstić information content (AvgIpc) is 2.45. The summed E-state index contributed by atoms with van der Waals surface area (Å²) in [6.07, 6.45) is 10.3. The van der Waals surface area contributed by atoms with E-state index in [4.69, 9.17) is 0 Å². The van der Waals surface area contributed by atoms with Crippen molar-refractivity contribution in [2.45, 2.75) is 9.79 Å². The molecule has 2 rings (SSSR count). The fourth-order valence-electron chi connectivity index (χ4n) is 1.71. The summed E-state index contributed by atoms with van der Waals surface area (Å²) in [6, 6.07) is 16.6. The fourth-order valence-corrected chi connectivity index (χ4v) is 2.68. The van der Waals surface area contributed by atoms with E-state index in [0.717, 1.165) is 4.90 Å². The highest BCUT2D eigenvalue weighted by Crippen LogP contribution is 2.24. The molecule has 0 N–H and O–H groups in total. The SMILES string of the molecule is CSc1ccc(/C=C/C=C/c2ccccc2)cc1S. The number of thioether (sulfide) groups is 1. The van der Waals surface area contributed by atoms with Crippen LogP contribution in [0.25, 0.3) is 12.2 Å². The lowest BCUT2D eigenvalue weighted by Crippen LogP contribution is -1.77. The minimum atomic E-state index is 1.03. The van der Waals surface area contributed by atoms with Gasteiger partial charge in [-0.05, 0) is 29.5 Å². The number of benzene rings is 2. The number of hydrogen-bond acceptors (Lipinski definition) is 2. The lowest BCUT2D eigenvalue weighted by atomic mass is 10.2. The summed E-state index contributed by atoms with van der Waals surface area (Å²) in [4.78, 5) is 2.24. The monoisotopic (exact) mass is 284 g/mol. The zero-order chi connectivity index (χ0) is 13.5. The van der Waals surface area contributed by atoms with Crippen molar-refractivity contribution in [3.05, 3.63) is 71.8 Å². The lowest BCUT2D eigenvalue weighted by molar-refractivity contribution is 1.25. The first-order valence-electron chi connectivity index (χ1n) is 6.06. The Morgan fingerprint density at radius 2 is 1.58 bits per heavy atom. The predicted octanol–water partition coefficient (Wildman–Crippen LogP) is 5.42. The zero-order valence-electron chi connectivity index (χ0n) is 10.8. The maximum atomic E-state index is 4.48. The third-order valence-electron chi connectivity index (χ3n) is 2.69. The van der Waals surface area contributed by atoms with E-state index in [9.17, 15) is 0 Å². The van der Waals surface area contributed by atoms with E-state index in [-0.39, 0.29) is 0 Å². The van der Waals surface area contributed by atoms with Crippen LogP contribution < -0.4 is 0 Å². The van der Waals surface area contributed by atoms with Gasteiger partial charge in [-0.25, -0.2) is 0 Å². The molecule has 0 saturated heterocycles. The predicted molar refractivity (Wildman–Crippen MR) is 90.0 cm³/mol. The van der Waals surface area contributed by atoms with Gasteiger partial charge in [0.15, 0.2) is 0 Å². The maximum absolute atomic E-state index is 4.48. The van der Waals surface area contributed by atoms with Crippen molar-refractivity contribution >= 4 is 36.5 Å². The van der Waals surface area contributed by atoms with Crippen LogP contribution >= 0.6 is 24.4 Å². The summed E-state index contributed by atoms with van der Waals surface area (Å²) in [5, 5.41) is 0. The lowest BCUT2D eigenvalue weighted by Gasteiger charge is -2.01. The van der Waals surface area contributed by atoms with Gasteiger partial charge in [0, 0.05) is 9.79 Å². The molecule has 0 aromatic heterocycles. The Morgan fingerprint density at radius 1 is 0.895 bits per heavy atom. The summed E-state index contributed by atoms with van der Waals surface area (Å²) in [5.41, 5.74) is 2.38. The van der Waals surface area contributed by atoms with E-state index in [2.05, 4.69) is 67.4 Å². The Labute approximate surface area is 124 Å². The first-order chi connectivity index (χ1) is 9.29. The molecule has 0 atom stereocenters. The molecule has 96 valence electrons. The standard InChI is InChI=1S/C17H16S2/c1-19-17-12-11-15(13-16(17)18)10-6-5-9-14-7-3-2-4-8-14/h2-13,18H,1H3/b9-5+,10-6+. The minimum Gasteiger partial charge on any atom is -0.142 e. The first kappa shape index (κ1) is 14.0. The summed E-state index contributed by atoms with van der Waals surface area (Å²) in [7, 11) is 0. The van der Waals surface area contributed by atoms with Crippen LogP contribution in [0.15, 0.2) is 70.5 Å². The molecule has 0 saturated carbocycles. The van der Waals surface area contributed by atoms with Gasteiger partial charge in [-0.2, -0.15) is 0 Å². The molecule has 0 radical (unpaired) electrons. The van der Waals surface area contributed by atoms with Gasteiger partial charge in [-0.3, -0.25) is 0 Å². The van der Waals surface area contributed by atoms with Crippen molar-refractivity contribution in [2.75, 3.05) is 6.26 Å². The topological polar surface area (TPSA) is 0 Å². The quantitative estimate of drug-likeness (QED) is 0.444. The molecule has 2 aromatic rings. The van der Waals surface area contributed by atoms with Gasteiger partial charge in [0.1, 0.15) is 0 Å². The first-order valence-corrected chi connectivity index (χ1v) is 7.73. The summed E-state index contributed by atoms with van der Waals surface area (Å²) in [6.45, 7) is 0. The third kappa shape index (κ3) is 4.34. The number of hydrogen-bond donors (Lipinski definition) is 1. The fraction of sp³-hybridized carbons (Fsp3) is 0.0588. The highest BCUT2D eigenvalue weighted by molar-refractivity contribution is 7.99. The molecule has 0 aliphatic heterocycles. The Bertz CT molecular complexity index is 583. The smallest absolute Gasteiger partial charge is 0.0203 e. The van der Waals surface area contributed by atoms with Gasteiger partial charge in [0.2, 0.25) is 0 Å². The summed E-state index contributed by atoms with van der Waals surface area (Å²) in [5.74, 6) is 0. The molecule has 0 bridgehead atoms. The Balaban J connectivity index is 2.03. The van der Waals surface area contributed by atoms with Gasteiger partial charge < -0.3 is 0 Å². The van der Waals surface area contributed by atoms with E-state index >= 15 is 0 Å². The Hall–Kier alpha value is -1.38. The van der Waals surface area contributed by atoms with Crippen LogP contribution in [-0.2, 0) is 0 Å². The summed E-state index contributed by atoms with van der Waals surface area (Å²) < 4.78 is 0. The number of rotatable bonds is 4. The van der Waals surface area contributed by atoms with Gasteiger partial charge in [-0.1, -0.05) is 60.7 Å². The molecule has 0 amide bonds.